The summed E-state index contributed by atoms with van der Waals surface area (Å²) in [6, 6.07) is 1.10. The molecule has 0 atom stereocenters. The van der Waals surface area contributed by atoms with Crippen LogP contribution >= 0.6 is 22.6 Å². The van der Waals surface area contributed by atoms with E-state index < -0.39 is 8.07 Å². The molecule has 0 aliphatic rings. The molecule has 0 unspecified atom stereocenters. The molecule has 0 aliphatic carbocycles. The Hall–Kier alpha value is -0.413. The first-order valence-electron chi connectivity index (χ1n) is 6.15. The van der Waals surface area contributed by atoms with Gasteiger partial charge in [-0.05, 0) is 35.6 Å². The van der Waals surface area contributed by atoms with Crippen molar-refractivity contribution in [2.24, 2.45) is 0 Å². The van der Waals surface area contributed by atoms with Crippen molar-refractivity contribution < 1.29 is 14.3 Å². The maximum atomic E-state index is 11.7. The molecule has 0 saturated heterocycles. The number of rotatable bonds is 6. The van der Waals surface area contributed by atoms with Crippen LogP contribution in [0.15, 0.2) is 0 Å². The van der Waals surface area contributed by atoms with E-state index in [2.05, 4.69) is 47.3 Å². The minimum Gasteiger partial charge on any atom is -0.464 e. The van der Waals surface area contributed by atoms with Gasteiger partial charge in [0.1, 0.15) is 6.73 Å². The van der Waals surface area contributed by atoms with E-state index in [4.69, 9.17) is 9.47 Å². The summed E-state index contributed by atoms with van der Waals surface area (Å²) in [6.07, 6.45) is 0. The average Bonchev–Trinajstić information content (AvgIpc) is 2.59. The Bertz CT molecular complexity index is 455. The van der Waals surface area contributed by atoms with Crippen molar-refractivity contribution in [3.63, 3.8) is 0 Å². The molecule has 0 saturated carbocycles. The van der Waals surface area contributed by atoms with E-state index in [-0.39, 0.29) is 5.97 Å². The van der Waals surface area contributed by atoms with Crippen LogP contribution in [0.1, 0.15) is 16.2 Å². The lowest BCUT2D eigenvalue weighted by molar-refractivity contribution is 0.0516. The molecule has 1 rings (SSSR count). The maximum absolute atomic E-state index is 11.7. The van der Waals surface area contributed by atoms with Gasteiger partial charge >= 0.3 is 5.97 Å². The van der Waals surface area contributed by atoms with Gasteiger partial charge in [0.15, 0.2) is 5.69 Å². The van der Waals surface area contributed by atoms with Crippen molar-refractivity contribution in [1.29, 1.82) is 0 Å². The number of carbonyl (C=O) groups is 1. The number of carbonyl (C=O) groups excluding carboxylic acids is 1. The highest BCUT2D eigenvalue weighted by Crippen LogP contribution is 2.17. The Labute approximate surface area is 128 Å². The minimum atomic E-state index is -1.09. The SMILES string of the molecule is COC(=O)c1c(I)c(C)nn1COCC[Si](C)(C)C. The monoisotopic (exact) mass is 396 g/mol. The number of ether oxygens (including phenoxy) is 2. The normalized spacial score (nSPS) is 11.7. The molecule has 7 heteroatoms. The summed E-state index contributed by atoms with van der Waals surface area (Å²) in [5, 5.41) is 4.31. The molecule has 1 aromatic heterocycles. The zero-order valence-electron chi connectivity index (χ0n) is 12.1. The van der Waals surface area contributed by atoms with E-state index >= 15 is 0 Å². The van der Waals surface area contributed by atoms with Crippen LogP contribution in [0.2, 0.25) is 25.7 Å². The van der Waals surface area contributed by atoms with Crippen LogP contribution in [0.3, 0.4) is 0 Å². The molecule has 1 heterocycles. The molecule has 19 heavy (non-hydrogen) atoms. The molecule has 0 amide bonds. The molecule has 0 N–H and O–H groups in total. The molecule has 0 fully saturated rings. The number of aromatic nitrogens is 2. The summed E-state index contributed by atoms with van der Waals surface area (Å²) in [4.78, 5) is 11.7. The standard InChI is InChI=1S/C12H21IN2O3Si/c1-9-10(13)11(12(16)17-2)15(14-9)8-18-6-7-19(3,4)5/h6-8H2,1-5H3. The van der Waals surface area contributed by atoms with Crippen molar-refractivity contribution >= 4 is 36.6 Å². The minimum absolute atomic E-state index is 0.290. The van der Waals surface area contributed by atoms with Gasteiger partial charge in [0, 0.05) is 14.7 Å². The summed E-state index contributed by atoms with van der Waals surface area (Å²) in [6.45, 7) is 9.77. The Morgan fingerprint density at radius 1 is 1.42 bits per heavy atom. The fraction of sp³-hybridized carbons (Fsp3) is 0.667. The van der Waals surface area contributed by atoms with E-state index in [1.807, 2.05) is 6.92 Å². The second-order valence-corrected chi connectivity index (χ2v) is 12.3. The first-order valence-corrected chi connectivity index (χ1v) is 10.9. The second kappa shape index (κ2) is 6.85. The van der Waals surface area contributed by atoms with Gasteiger partial charge in [0.05, 0.1) is 16.4 Å². The smallest absolute Gasteiger partial charge is 0.357 e. The van der Waals surface area contributed by atoms with E-state index in [1.54, 1.807) is 4.68 Å². The van der Waals surface area contributed by atoms with Gasteiger partial charge in [-0.2, -0.15) is 5.10 Å². The van der Waals surface area contributed by atoms with Gasteiger partial charge in [0.25, 0.3) is 0 Å². The molecule has 0 aliphatic heterocycles. The summed E-state index contributed by atoms with van der Waals surface area (Å²) >= 11 is 2.11. The van der Waals surface area contributed by atoms with Crippen LogP contribution in [0, 0.1) is 10.5 Å². The summed E-state index contributed by atoms with van der Waals surface area (Å²) < 4.78 is 12.8. The van der Waals surface area contributed by atoms with Crippen LogP contribution in [-0.4, -0.2) is 37.5 Å². The lowest BCUT2D eigenvalue weighted by Crippen LogP contribution is -2.22. The molecular weight excluding hydrogens is 375 g/mol. The highest BCUT2D eigenvalue weighted by atomic mass is 127. The second-order valence-electron chi connectivity index (χ2n) is 5.59. The van der Waals surface area contributed by atoms with Crippen LogP contribution < -0.4 is 0 Å². The number of hydrogen-bond acceptors (Lipinski definition) is 4. The summed E-state index contributed by atoms with van der Waals surface area (Å²) in [7, 11) is 0.281. The van der Waals surface area contributed by atoms with Crippen LogP contribution in [-0.2, 0) is 16.2 Å². The van der Waals surface area contributed by atoms with Gasteiger partial charge in [-0.15, -0.1) is 0 Å². The van der Waals surface area contributed by atoms with Gasteiger partial charge in [-0.25, -0.2) is 9.48 Å². The van der Waals surface area contributed by atoms with E-state index in [0.717, 1.165) is 15.3 Å². The molecule has 0 radical (unpaired) electrons. The Kier molecular flexibility index (Phi) is 6.00. The fourth-order valence-corrected chi connectivity index (χ4v) is 2.84. The topological polar surface area (TPSA) is 53.3 Å². The predicted octanol–water partition coefficient (Wildman–Crippen LogP) is 2.90. The number of methoxy groups -OCH3 is 1. The van der Waals surface area contributed by atoms with Crippen LogP contribution in [0.25, 0.3) is 0 Å². The summed E-state index contributed by atoms with van der Waals surface area (Å²) in [5.74, 6) is -0.376. The Morgan fingerprint density at radius 2 is 2.05 bits per heavy atom. The number of halogens is 1. The van der Waals surface area contributed by atoms with E-state index in [1.165, 1.54) is 7.11 Å². The Morgan fingerprint density at radius 3 is 2.58 bits per heavy atom. The highest BCUT2D eigenvalue weighted by Gasteiger charge is 2.21. The van der Waals surface area contributed by atoms with Gasteiger partial charge < -0.3 is 9.47 Å². The van der Waals surface area contributed by atoms with Gasteiger partial charge in [-0.3, -0.25) is 0 Å². The lowest BCUT2D eigenvalue weighted by atomic mass is 10.4. The molecule has 108 valence electrons. The van der Waals surface area contributed by atoms with Crippen LogP contribution in [0.5, 0.6) is 0 Å². The molecule has 0 bridgehead atoms. The molecule has 0 spiro atoms. The van der Waals surface area contributed by atoms with Crippen molar-refractivity contribution in [2.45, 2.75) is 39.3 Å². The van der Waals surface area contributed by atoms with Gasteiger partial charge in [0.2, 0.25) is 0 Å². The van der Waals surface area contributed by atoms with Crippen molar-refractivity contribution in [3.8, 4) is 0 Å². The molecule has 5 nitrogen and oxygen atoms in total. The Balaban J connectivity index is 2.68. The third-order valence-corrected chi connectivity index (χ3v) is 5.64. The maximum Gasteiger partial charge on any atom is 0.357 e. The van der Waals surface area contributed by atoms with Crippen LogP contribution in [0.4, 0.5) is 0 Å². The summed E-state index contributed by atoms with van der Waals surface area (Å²) in [5.41, 5.74) is 1.28. The fourth-order valence-electron chi connectivity index (χ4n) is 1.47. The molecular formula is C12H21IN2O3Si. The third kappa shape index (κ3) is 4.88. The van der Waals surface area contributed by atoms with E-state index in [0.29, 0.717) is 19.0 Å². The van der Waals surface area contributed by atoms with Crippen molar-refractivity contribution in [1.82, 2.24) is 9.78 Å². The number of hydrogen-bond donors (Lipinski definition) is 0. The highest BCUT2D eigenvalue weighted by molar-refractivity contribution is 14.1. The zero-order chi connectivity index (χ0) is 14.6. The number of aryl methyl sites for hydroxylation is 1. The lowest BCUT2D eigenvalue weighted by Gasteiger charge is -2.15. The number of nitrogens with zero attached hydrogens (tertiary/aromatic N) is 2. The van der Waals surface area contributed by atoms with Crippen molar-refractivity contribution in [2.75, 3.05) is 13.7 Å². The predicted molar refractivity (Wildman–Crippen MR) is 85.1 cm³/mol. The molecule has 1 aromatic rings. The largest absolute Gasteiger partial charge is 0.464 e. The third-order valence-electron chi connectivity index (χ3n) is 2.64. The zero-order valence-corrected chi connectivity index (χ0v) is 15.3. The number of esters is 1. The quantitative estimate of drug-likeness (QED) is 0.321. The van der Waals surface area contributed by atoms with E-state index in [9.17, 15) is 4.79 Å². The van der Waals surface area contributed by atoms with Crippen molar-refractivity contribution in [3.05, 3.63) is 15.0 Å². The average molecular weight is 396 g/mol. The first-order chi connectivity index (χ1) is 8.76. The van der Waals surface area contributed by atoms with Gasteiger partial charge in [-0.1, -0.05) is 19.6 Å². The first kappa shape index (κ1) is 16.6. The molecule has 0 aromatic carbocycles.